The zero-order chi connectivity index (χ0) is 21.1. The first-order chi connectivity index (χ1) is 14.5. The Bertz CT molecular complexity index is 1150. The summed E-state index contributed by atoms with van der Waals surface area (Å²) < 4.78 is 13.1. The Hall–Kier alpha value is -4.01. The van der Waals surface area contributed by atoms with Crippen molar-refractivity contribution in [2.75, 3.05) is 10.6 Å². The van der Waals surface area contributed by atoms with Gasteiger partial charge in [0.2, 0.25) is 17.8 Å². The molecule has 2 amide bonds. The van der Waals surface area contributed by atoms with Crippen LogP contribution in [-0.2, 0) is 16.1 Å². The zero-order valence-electron chi connectivity index (χ0n) is 15.7. The van der Waals surface area contributed by atoms with E-state index in [1.165, 1.54) is 24.3 Å². The zero-order valence-corrected chi connectivity index (χ0v) is 15.7. The fraction of sp³-hybridized carbons (Fsp3) is 0.143. The van der Waals surface area contributed by atoms with Crippen molar-refractivity contribution in [1.29, 1.82) is 0 Å². The fourth-order valence-electron chi connectivity index (χ4n) is 3.23. The van der Waals surface area contributed by atoms with Crippen molar-refractivity contribution in [1.82, 2.24) is 15.3 Å². The molecular weight excluding hydrogens is 389 g/mol. The number of aromatic amines is 1. The van der Waals surface area contributed by atoms with Gasteiger partial charge in [0, 0.05) is 18.7 Å². The van der Waals surface area contributed by atoms with Gasteiger partial charge in [-0.2, -0.15) is 4.98 Å². The minimum absolute atomic E-state index is 0.0273. The van der Waals surface area contributed by atoms with Crippen LogP contribution < -0.4 is 21.5 Å². The van der Waals surface area contributed by atoms with Crippen molar-refractivity contribution in [3.63, 3.8) is 0 Å². The van der Waals surface area contributed by atoms with E-state index in [0.717, 1.165) is 5.56 Å². The molecule has 4 N–H and O–H groups in total. The molecule has 0 unspecified atom stereocenters. The number of fused-ring (bicyclic) bond motifs is 1. The highest BCUT2D eigenvalue weighted by atomic mass is 19.1. The molecule has 0 saturated carbocycles. The lowest BCUT2D eigenvalue weighted by atomic mass is 9.92. The van der Waals surface area contributed by atoms with Crippen molar-refractivity contribution in [2.24, 2.45) is 0 Å². The van der Waals surface area contributed by atoms with Gasteiger partial charge in [-0.05, 0) is 29.8 Å². The number of aromatic nitrogens is 2. The summed E-state index contributed by atoms with van der Waals surface area (Å²) in [4.78, 5) is 44.3. The number of rotatable bonds is 5. The van der Waals surface area contributed by atoms with Gasteiger partial charge >= 0.3 is 0 Å². The number of nitrogens with zero attached hydrogens (tertiary/aromatic N) is 1. The van der Waals surface area contributed by atoms with E-state index in [2.05, 4.69) is 25.9 Å². The third-order valence-electron chi connectivity index (χ3n) is 4.68. The van der Waals surface area contributed by atoms with E-state index >= 15 is 0 Å². The van der Waals surface area contributed by atoms with Gasteiger partial charge in [0.25, 0.3) is 5.56 Å². The van der Waals surface area contributed by atoms with E-state index in [4.69, 9.17) is 0 Å². The molecule has 4 rings (SSSR count). The van der Waals surface area contributed by atoms with Crippen LogP contribution in [0.2, 0.25) is 0 Å². The van der Waals surface area contributed by atoms with Gasteiger partial charge in [-0.25, -0.2) is 4.39 Å². The van der Waals surface area contributed by atoms with Crippen molar-refractivity contribution in [3.05, 3.63) is 81.9 Å². The highest BCUT2D eigenvalue weighted by Gasteiger charge is 2.34. The Morgan fingerprint density at radius 3 is 2.57 bits per heavy atom. The van der Waals surface area contributed by atoms with Gasteiger partial charge in [-0.3, -0.25) is 19.4 Å². The number of carbonyl (C=O) groups is 2. The molecule has 0 spiro atoms. The largest absolute Gasteiger partial charge is 0.351 e. The predicted molar refractivity (Wildman–Crippen MR) is 109 cm³/mol. The second kappa shape index (κ2) is 8.16. The van der Waals surface area contributed by atoms with E-state index in [-0.39, 0.29) is 30.3 Å². The monoisotopic (exact) mass is 407 g/mol. The van der Waals surface area contributed by atoms with E-state index in [9.17, 15) is 18.8 Å². The summed E-state index contributed by atoms with van der Waals surface area (Å²) in [5, 5.41) is 8.15. The lowest BCUT2D eigenvalue weighted by molar-refractivity contribution is -0.126. The van der Waals surface area contributed by atoms with Crippen LogP contribution in [0.4, 0.5) is 21.8 Å². The molecule has 3 aromatic rings. The molecular formula is C21H18FN5O3. The lowest BCUT2D eigenvalue weighted by Gasteiger charge is -2.23. The number of hydrogen-bond donors (Lipinski definition) is 4. The van der Waals surface area contributed by atoms with E-state index in [0.29, 0.717) is 5.69 Å². The van der Waals surface area contributed by atoms with Crippen LogP contribution in [0.3, 0.4) is 0 Å². The maximum Gasteiger partial charge on any atom is 0.258 e. The van der Waals surface area contributed by atoms with Gasteiger partial charge in [0.05, 0.1) is 11.5 Å². The SMILES string of the molecule is O=C1C[C@H](C(=O)NCc2ccccc2)c2c(nc(Nc3ccc(F)cc3)[nH]c2=O)N1. The number of benzene rings is 2. The average molecular weight is 407 g/mol. The van der Waals surface area contributed by atoms with Gasteiger partial charge in [0.15, 0.2) is 0 Å². The number of carbonyl (C=O) groups excluding carboxylic acids is 2. The number of halogens is 1. The topological polar surface area (TPSA) is 116 Å². The third-order valence-corrected chi connectivity index (χ3v) is 4.68. The molecule has 152 valence electrons. The van der Waals surface area contributed by atoms with Crippen molar-refractivity contribution >= 4 is 29.3 Å². The maximum absolute atomic E-state index is 13.1. The van der Waals surface area contributed by atoms with Gasteiger partial charge in [-0.15, -0.1) is 0 Å². The van der Waals surface area contributed by atoms with Crippen LogP contribution in [0.5, 0.6) is 0 Å². The molecule has 0 fully saturated rings. The summed E-state index contributed by atoms with van der Waals surface area (Å²) in [5.74, 6) is -2.09. The molecule has 0 radical (unpaired) electrons. The molecule has 1 atom stereocenters. The molecule has 2 heterocycles. The Morgan fingerprint density at radius 2 is 1.83 bits per heavy atom. The molecule has 9 heteroatoms. The first-order valence-corrected chi connectivity index (χ1v) is 9.28. The lowest BCUT2D eigenvalue weighted by Crippen LogP contribution is -2.39. The Balaban J connectivity index is 1.57. The molecule has 1 aromatic heterocycles. The van der Waals surface area contributed by atoms with E-state index < -0.39 is 29.1 Å². The maximum atomic E-state index is 13.1. The van der Waals surface area contributed by atoms with Crippen molar-refractivity contribution in [3.8, 4) is 0 Å². The summed E-state index contributed by atoms with van der Waals surface area (Å²) in [6, 6.07) is 14.8. The van der Waals surface area contributed by atoms with Gasteiger partial charge in [0.1, 0.15) is 11.6 Å². The fourth-order valence-corrected chi connectivity index (χ4v) is 3.23. The van der Waals surface area contributed by atoms with Crippen LogP contribution in [0.1, 0.15) is 23.5 Å². The van der Waals surface area contributed by atoms with E-state index in [1.54, 1.807) is 0 Å². The second-order valence-corrected chi connectivity index (χ2v) is 6.82. The third kappa shape index (κ3) is 4.19. The number of hydrogen-bond acceptors (Lipinski definition) is 5. The molecule has 2 aromatic carbocycles. The normalized spacial score (nSPS) is 15.1. The summed E-state index contributed by atoms with van der Waals surface area (Å²) in [6.45, 7) is 0.280. The van der Waals surface area contributed by atoms with Crippen LogP contribution >= 0.6 is 0 Å². The number of H-pyrrole nitrogens is 1. The quantitative estimate of drug-likeness (QED) is 0.518. The predicted octanol–water partition coefficient (Wildman–Crippen LogP) is 2.39. The van der Waals surface area contributed by atoms with Crippen molar-refractivity contribution in [2.45, 2.75) is 18.9 Å². The Morgan fingerprint density at radius 1 is 1.10 bits per heavy atom. The molecule has 8 nitrogen and oxygen atoms in total. The molecule has 1 aliphatic heterocycles. The Labute approximate surface area is 170 Å². The number of amides is 2. The molecule has 1 aliphatic rings. The first-order valence-electron chi connectivity index (χ1n) is 9.28. The number of anilines is 3. The average Bonchev–Trinajstić information content (AvgIpc) is 2.73. The second-order valence-electron chi connectivity index (χ2n) is 6.82. The van der Waals surface area contributed by atoms with Crippen LogP contribution in [-0.4, -0.2) is 21.8 Å². The van der Waals surface area contributed by atoms with Crippen LogP contribution in [0.25, 0.3) is 0 Å². The summed E-state index contributed by atoms with van der Waals surface area (Å²) in [5.41, 5.74) is 0.963. The smallest absolute Gasteiger partial charge is 0.258 e. The molecule has 30 heavy (non-hydrogen) atoms. The molecule has 0 saturated heterocycles. The number of nitrogens with one attached hydrogen (secondary N) is 4. The van der Waals surface area contributed by atoms with Gasteiger partial charge in [-0.1, -0.05) is 30.3 Å². The van der Waals surface area contributed by atoms with Crippen molar-refractivity contribution < 1.29 is 14.0 Å². The minimum Gasteiger partial charge on any atom is -0.351 e. The summed E-state index contributed by atoms with van der Waals surface area (Å²) >= 11 is 0. The van der Waals surface area contributed by atoms with E-state index in [1.807, 2.05) is 30.3 Å². The van der Waals surface area contributed by atoms with Gasteiger partial charge < -0.3 is 16.0 Å². The molecule has 0 aliphatic carbocycles. The summed E-state index contributed by atoms with van der Waals surface area (Å²) in [7, 11) is 0. The first kappa shape index (κ1) is 19.3. The van der Waals surface area contributed by atoms with Crippen LogP contribution in [0, 0.1) is 5.82 Å². The highest BCUT2D eigenvalue weighted by molar-refractivity contribution is 6.00. The minimum atomic E-state index is -0.950. The standard InChI is InChI=1S/C21H18FN5O3/c22-13-6-8-14(9-7-13)24-21-26-18-17(20(30)27-21)15(10-16(28)25-18)19(29)23-11-12-4-2-1-3-5-12/h1-9,15H,10-11H2,(H,23,29)(H3,24,25,26,27,28,30)/t15-/m0/s1. The Kier molecular flexibility index (Phi) is 5.25. The summed E-state index contributed by atoms with van der Waals surface area (Å²) in [6.07, 6.45) is -0.150. The molecule has 0 bridgehead atoms. The highest BCUT2D eigenvalue weighted by Crippen LogP contribution is 2.29. The van der Waals surface area contributed by atoms with Crippen LogP contribution in [0.15, 0.2) is 59.4 Å².